The molecule has 1 aliphatic carbocycles. The SMILES string of the molecule is OC1CCC(Cc2cc(F)ccc2Cl)C1. The van der Waals surface area contributed by atoms with E-state index in [-0.39, 0.29) is 11.9 Å². The Kier molecular flexibility index (Phi) is 3.27. The summed E-state index contributed by atoms with van der Waals surface area (Å²) < 4.78 is 13.0. The Hall–Kier alpha value is -0.600. The molecule has 1 saturated carbocycles. The van der Waals surface area contributed by atoms with Gasteiger partial charge in [-0.05, 0) is 55.4 Å². The molecule has 0 heterocycles. The van der Waals surface area contributed by atoms with E-state index in [1.54, 1.807) is 6.07 Å². The molecule has 1 aromatic carbocycles. The topological polar surface area (TPSA) is 20.2 Å². The van der Waals surface area contributed by atoms with E-state index in [0.29, 0.717) is 10.9 Å². The quantitative estimate of drug-likeness (QED) is 0.824. The van der Waals surface area contributed by atoms with Crippen LogP contribution in [0, 0.1) is 11.7 Å². The Morgan fingerprint density at radius 2 is 2.20 bits per heavy atom. The van der Waals surface area contributed by atoms with Gasteiger partial charge in [0.05, 0.1) is 6.10 Å². The molecule has 0 spiro atoms. The highest BCUT2D eigenvalue weighted by molar-refractivity contribution is 6.31. The van der Waals surface area contributed by atoms with Crippen molar-refractivity contribution in [3.63, 3.8) is 0 Å². The molecule has 2 unspecified atom stereocenters. The van der Waals surface area contributed by atoms with Gasteiger partial charge in [0.15, 0.2) is 0 Å². The minimum atomic E-state index is -0.243. The second-order valence-electron chi connectivity index (χ2n) is 4.27. The number of benzene rings is 1. The molecule has 82 valence electrons. The molecule has 0 aromatic heterocycles. The number of rotatable bonds is 2. The average molecular weight is 229 g/mol. The van der Waals surface area contributed by atoms with Gasteiger partial charge >= 0.3 is 0 Å². The lowest BCUT2D eigenvalue weighted by Crippen LogP contribution is -2.03. The zero-order valence-electron chi connectivity index (χ0n) is 8.42. The standard InChI is InChI=1S/C12H14ClFO/c13-12-4-2-10(14)7-9(12)5-8-1-3-11(15)6-8/h2,4,7-8,11,15H,1,3,5-6H2. The number of hydrogen-bond acceptors (Lipinski definition) is 1. The van der Waals surface area contributed by atoms with Gasteiger partial charge in [0.2, 0.25) is 0 Å². The van der Waals surface area contributed by atoms with Crippen LogP contribution in [0.2, 0.25) is 5.02 Å². The molecule has 0 bridgehead atoms. The first-order valence-electron chi connectivity index (χ1n) is 5.27. The summed E-state index contributed by atoms with van der Waals surface area (Å²) in [5.41, 5.74) is 0.857. The first kappa shape index (κ1) is 10.9. The van der Waals surface area contributed by atoms with Gasteiger partial charge in [0.1, 0.15) is 5.82 Å². The maximum absolute atomic E-state index is 13.0. The first-order valence-corrected chi connectivity index (χ1v) is 5.65. The van der Waals surface area contributed by atoms with Crippen molar-refractivity contribution in [1.82, 2.24) is 0 Å². The maximum Gasteiger partial charge on any atom is 0.123 e. The Bertz CT molecular complexity index is 353. The lowest BCUT2D eigenvalue weighted by Gasteiger charge is -2.10. The van der Waals surface area contributed by atoms with Crippen LogP contribution in [-0.4, -0.2) is 11.2 Å². The van der Waals surface area contributed by atoms with Crippen LogP contribution in [0.1, 0.15) is 24.8 Å². The number of aliphatic hydroxyl groups excluding tert-OH is 1. The van der Waals surface area contributed by atoms with E-state index in [1.165, 1.54) is 12.1 Å². The largest absolute Gasteiger partial charge is 0.393 e. The highest BCUT2D eigenvalue weighted by Crippen LogP contribution is 2.30. The van der Waals surface area contributed by atoms with E-state index in [9.17, 15) is 9.50 Å². The Morgan fingerprint density at radius 3 is 2.87 bits per heavy atom. The molecule has 0 amide bonds. The van der Waals surface area contributed by atoms with Crippen molar-refractivity contribution < 1.29 is 9.50 Å². The fraction of sp³-hybridized carbons (Fsp3) is 0.500. The summed E-state index contributed by atoms with van der Waals surface area (Å²) in [5.74, 6) is 0.201. The van der Waals surface area contributed by atoms with Gasteiger partial charge in [0, 0.05) is 5.02 Å². The van der Waals surface area contributed by atoms with E-state index in [0.717, 1.165) is 31.2 Å². The maximum atomic E-state index is 13.0. The molecule has 2 atom stereocenters. The molecule has 0 saturated heterocycles. The van der Waals surface area contributed by atoms with Crippen LogP contribution in [0.5, 0.6) is 0 Å². The number of halogens is 2. The third-order valence-corrected chi connectivity index (χ3v) is 3.40. The van der Waals surface area contributed by atoms with Gasteiger partial charge in [-0.1, -0.05) is 11.6 Å². The summed E-state index contributed by atoms with van der Waals surface area (Å²) in [4.78, 5) is 0. The summed E-state index contributed by atoms with van der Waals surface area (Å²) in [6.07, 6.45) is 3.27. The zero-order valence-corrected chi connectivity index (χ0v) is 9.17. The minimum absolute atomic E-state index is 0.178. The van der Waals surface area contributed by atoms with Gasteiger partial charge in [-0.15, -0.1) is 0 Å². The van der Waals surface area contributed by atoms with Gasteiger partial charge in [-0.25, -0.2) is 4.39 Å². The monoisotopic (exact) mass is 228 g/mol. The number of hydrogen-bond donors (Lipinski definition) is 1. The van der Waals surface area contributed by atoms with Gasteiger partial charge in [-0.3, -0.25) is 0 Å². The Labute approximate surface area is 93.9 Å². The van der Waals surface area contributed by atoms with Crippen molar-refractivity contribution in [3.05, 3.63) is 34.6 Å². The molecule has 3 heteroatoms. The van der Waals surface area contributed by atoms with E-state index < -0.39 is 0 Å². The Morgan fingerprint density at radius 1 is 1.40 bits per heavy atom. The van der Waals surface area contributed by atoms with Crippen LogP contribution >= 0.6 is 11.6 Å². The van der Waals surface area contributed by atoms with Crippen LogP contribution in [0.3, 0.4) is 0 Å². The van der Waals surface area contributed by atoms with Crippen LogP contribution in [0.15, 0.2) is 18.2 Å². The van der Waals surface area contributed by atoms with Gasteiger partial charge < -0.3 is 5.11 Å². The molecule has 15 heavy (non-hydrogen) atoms. The fourth-order valence-corrected chi connectivity index (χ4v) is 2.44. The highest BCUT2D eigenvalue weighted by Gasteiger charge is 2.23. The molecule has 1 nitrogen and oxygen atoms in total. The molecule has 2 rings (SSSR count). The van der Waals surface area contributed by atoms with Gasteiger partial charge in [0.25, 0.3) is 0 Å². The summed E-state index contributed by atoms with van der Waals surface area (Å²) in [7, 11) is 0. The molecule has 1 aromatic rings. The first-order chi connectivity index (χ1) is 7.15. The summed E-state index contributed by atoms with van der Waals surface area (Å²) >= 11 is 5.98. The van der Waals surface area contributed by atoms with E-state index in [1.807, 2.05) is 0 Å². The van der Waals surface area contributed by atoms with Crippen molar-refractivity contribution in [2.75, 3.05) is 0 Å². The van der Waals surface area contributed by atoms with Gasteiger partial charge in [-0.2, -0.15) is 0 Å². The predicted molar refractivity (Wildman–Crippen MR) is 58.5 cm³/mol. The molecule has 1 aliphatic rings. The van der Waals surface area contributed by atoms with Crippen LogP contribution in [0.25, 0.3) is 0 Å². The smallest absolute Gasteiger partial charge is 0.123 e. The summed E-state index contributed by atoms with van der Waals surface area (Å²) in [5, 5.41) is 10.0. The number of aliphatic hydroxyl groups is 1. The van der Waals surface area contributed by atoms with Crippen LogP contribution in [0.4, 0.5) is 4.39 Å². The predicted octanol–water partition coefficient (Wildman–Crippen LogP) is 3.18. The van der Waals surface area contributed by atoms with Crippen molar-refractivity contribution >= 4 is 11.6 Å². The van der Waals surface area contributed by atoms with Crippen molar-refractivity contribution in [3.8, 4) is 0 Å². The third-order valence-electron chi connectivity index (χ3n) is 3.03. The van der Waals surface area contributed by atoms with Crippen LogP contribution < -0.4 is 0 Å². The molecule has 0 aliphatic heterocycles. The molecule has 1 fully saturated rings. The fourth-order valence-electron chi connectivity index (χ4n) is 2.24. The zero-order chi connectivity index (χ0) is 10.8. The van der Waals surface area contributed by atoms with Crippen molar-refractivity contribution in [2.45, 2.75) is 31.8 Å². The molecular weight excluding hydrogens is 215 g/mol. The second-order valence-corrected chi connectivity index (χ2v) is 4.68. The minimum Gasteiger partial charge on any atom is -0.393 e. The third kappa shape index (κ3) is 2.70. The lowest BCUT2D eigenvalue weighted by atomic mass is 9.98. The highest BCUT2D eigenvalue weighted by atomic mass is 35.5. The molecule has 1 N–H and O–H groups in total. The van der Waals surface area contributed by atoms with E-state index in [4.69, 9.17) is 11.6 Å². The second kappa shape index (κ2) is 4.50. The average Bonchev–Trinajstić information content (AvgIpc) is 2.58. The van der Waals surface area contributed by atoms with E-state index in [2.05, 4.69) is 0 Å². The van der Waals surface area contributed by atoms with Crippen LogP contribution in [-0.2, 0) is 6.42 Å². The summed E-state index contributed by atoms with van der Waals surface area (Å²) in [6, 6.07) is 4.46. The lowest BCUT2D eigenvalue weighted by molar-refractivity contribution is 0.177. The van der Waals surface area contributed by atoms with Crippen molar-refractivity contribution in [1.29, 1.82) is 0 Å². The normalized spacial score (nSPS) is 25.8. The Balaban J connectivity index is 2.07. The summed E-state index contributed by atoms with van der Waals surface area (Å²) in [6.45, 7) is 0. The molecule has 0 radical (unpaired) electrons. The van der Waals surface area contributed by atoms with E-state index >= 15 is 0 Å². The van der Waals surface area contributed by atoms with Crippen molar-refractivity contribution in [2.24, 2.45) is 5.92 Å². The molecular formula is C12H14ClFO.